The molecule has 1 fully saturated rings. The molecule has 3 heteroatoms. The lowest BCUT2D eigenvalue weighted by Gasteiger charge is -2.09. The van der Waals surface area contributed by atoms with Crippen LogP contribution in [0.1, 0.15) is 63.0 Å². The second kappa shape index (κ2) is 7.38. The molecule has 3 aromatic rings. The Morgan fingerprint density at radius 3 is 2.04 bits per heavy atom. The van der Waals surface area contributed by atoms with E-state index < -0.39 is 0 Å². The minimum atomic E-state index is -0.334. The molecule has 0 N–H and O–H groups in total. The molecule has 1 aromatic heterocycles. The van der Waals surface area contributed by atoms with E-state index in [0.717, 1.165) is 31.6 Å². The van der Waals surface area contributed by atoms with Gasteiger partial charge >= 0.3 is 0 Å². The van der Waals surface area contributed by atoms with Crippen molar-refractivity contribution >= 4 is 21.9 Å². The Hall–Kier alpha value is -1.90. The molecule has 0 unspecified atom stereocenters. The maximum atomic E-state index is 15.0. The Labute approximate surface area is 153 Å². The lowest BCUT2D eigenvalue weighted by Crippen LogP contribution is -1.98. The SMILES string of the molecule is CCCCc1ccc2c(oc3c(F)c(CCC4CCCC4)ccc32)c1F. The zero-order valence-electron chi connectivity index (χ0n) is 15.4. The van der Waals surface area contributed by atoms with E-state index in [4.69, 9.17) is 4.42 Å². The van der Waals surface area contributed by atoms with Gasteiger partial charge in [0.15, 0.2) is 22.8 Å². The summed E-state index contributed by atoms with van der Waals surface area (Å²) < 4.78 is 35.5. The Balaban J connectivity index is 1.69. The van der Waals surface area contributed by atoms with Crippen LogP contribution in [0.4, 0.5) is 8.78 Å². The number of unbranched alkanes of at least 4 members (excludes halogenated alkanes) is 1. The van der Waals surface area contributed by atoms with Crippen molar-refractivity contribution in [3.05, 3.63) is 47.0 Å². The van der Waals surface area contributed by atoms with E-state index >= 15 is 4.39 Å². The zero-order chi connectivity index (χ0) is 18.1. The van der Waals surface area contributed by atoms with Crippen molar-refractivity contribution in [2.24, 2.45) is 5.92 Å². The molecule has 0 atom stereocenters. The van der Waals surface area contributed by atoms with Crippen LogP contribution in [0, 0.1) is 17.6 Å². The lowest BCUT2D eigenvalue weighted by atomic mass is 9.97. The normalized spacial score (nSPS) is 15.5. The molecule has 1 aliphatic rings. The van der Waals surface area contributed by atoms with Crippen LogP contribution in [-0.2, 0) is 12.8 Å². The van der Waals surface area contributed by atoms with Crippen molar-refractivity contribution < 1.29 is 13.2 Å². The predicted molar refractivity (Wildman–Crippen MR) is 103 cm³/mol. The molecule has 0 amide bonds. The van der Waals surface area contributed by atoms with E-state index in [0.29, 0.717) is 28.3 Å². The number of hydrogen-bond acceptors (Lipinski definition) is 1. The molecule has 2 aromatic carbocycles. The van der Waals surface area contributed by atoms with Crippen molar-refractivity contribution in [1.29, 1.82) is 0 Å². The lowest BCUT2D eigenvalue weighted by molar-refractivity contribution is 0.492. The zero-order valence-corrected chi connectivity index (χ0v) is 15.4. The van der Waals surface area contributed by atoms with E-state index in [1.807, 2.05) is 24.3 Å². The summed E-state index contributed by atoms with van der Waals surface area (Å²) in [6.45, 7) is 2.08. The number of rotatable bonds is 6. The van der Waals surface area contributed by atoms with Crippen molar-refractivity contribution in [1.82, 2.24) is 0 Å². The van der Waals surface area contributed by atoms with E-state index in [1.165, 1.54) is 25.7 Å². The summed E-state index contributed by atoms with van der Waals surface area (Å²) in [4.78, 5) is 0. The minimum Gasteiger partial charge on any atom is -0.450 e. The predicted octanol–water partition coefficient (Wildman–Crippen LogP) is 7.33. The van der Waals surface area contributed by atoms with Gasteiger partial charge in [-0.25, -0.2) is 8.78 Å². The summed E-state index contributed by atoms with van der Waals surface area (Å²) in [7, 11) is 0. The number of hydrogen-bond donors (Lipinski definition) is 0. The fraction of sp³-hybridized carbons (Fsp3) is 0.478. The standard InChI is InChI=1S/C23H26F2O/c1-2-3-8-16-11-13-18-19-14-12-17(10-9-15-6-4-5-7-15)21(25)23(19)26-22(18)20(16)24/h11-15H,2-10H2,1H3. The van der Waals surface area contributed by atoms with E-state index in [2.05, 4.69) is 6.92 Å². The Morgan fingerprint density at radius 1 is 0.885 bits per heavy atom. The highest BCUT2D eigenvalue weighted by Gasteiger charge is 2.20. The molecule has 1 saturated carbocycles. The van der Waals surface area contributed by atoms with Crippen LogP contribution in [-0.4, -0.2) is 0 Å². The molecule has 0 spiro atoms. The van der Waals surface area contributed by atoms with Gasteiger partial charge in [-0.1, -0.05) is 51.2 Å². The van der Waals surface area contributed by atoms with Gasteiger partial charge in [0.05, 0.1) is 0 Å². The van der Waals surface area contributed by atoms with Gasteiger partial charge in [-0.3, -0.25) is 0 Å². The fourth-order valence-corrected chi connectivity index (χ4v) is 4.33. The van der Waals surface area contributed by atoms with Crippen LogP contribution >= 0.6 is 0 Å². The molecular weight excluding hydrogens is 330 g/mol. The van der Waals surface area contributed by atoms with Gasteiger partial charge in [0, 0.05) is 10.8 Å². The first-order chi connectivity index (χ1) is 12.7. The topological polar surface area (TPSA) is 13.1 Å². The third-order valence-electron chi connectivity index (χ3n) is 5.94. The van der Waals surface area contributed by atoms with E-state index in [1.54, 1.807) is 0 Å². The summed E-state index contributed by atoms with van der Waals surface area (Å²) in [6.07, 6.45) is 9.51. The Bertz CT molecular complexity index is 919. The summed E-state index contributed by atoms with van der Waals surface area (Å²) in [5.74, 6) is 0.0737. The van der Waals surface area contributed by atoms with Gasteiger partial charge in [-0.15, -0.1) is 0 Å². The maximum absolute atomic E-state index is 15.0. The first-order valence-corrected chi connectivity index (χ1v) is 10.00. The largest absolute Gasteiger partial charge is 0.450 e. The molecule has 0 radical (unpaired) electrons. The average Bonchev–Trinajstić information content (AvgIpc) is 3.29. The van der Waals surface area contributed by atoms with Crippen LogP contribution < -0.4 is 0 Å². The highest BCUT2D eigenvalue weighted by Crippen LogP contribution is 2.35. The van der Waals surface area contributed by atoms with Crippen molar-refractivity contribution in [3.63, 3.8) is 0 Å². The number of benzene rings is 2. The summed E-state index contributed by atoms with van der Waals surface area (Å²) in [5, 5.41) is 1.34. The average molecular weight is 356 g/mol. The quantitative estimate of drug-likeness (QED) is 0.450. The molecule has 0 aliphatic heterocycles. The summed E-state index contributed by atoms with van der Waals surface area (Å²) in [5.41, 5.74) is 1.74. The number of fused-ring (bicyclic) bond motifs is 3. The smallest absolute Gasteiger partial charge is 0.171 e. The number of aryl methyl sites for hydroxylation is 2. The molecule has 138 valence electrons. The molecule has 0 saturated heterocycles. The summed E-state index contributed by atoms with van der Waals surface area (Å²) in [6, 6.07) is 7.42. The molecule has 1 nitrogen and oxygen atoms in total. The van der Waals surface area contributed by atoms with Crippen molar-refractivity contribution in [3.8, 4) is 0 Å². The first-order valence-electron chi connectivity index (χ1n) is 10.00. The van der Waals surface area contributed by atoms with E-state index in [9.17, 15) is 4.39 Å². The number of halogens is 2. The second-order valence-electron chi connectivity index (χ2n) is 7.73. The summed E-state index contributed by atoms with van der Waals surface area (Å²) >= 11 is 0. The molecular formula is C23H26F2O. The van der Waals surface area contributed by atoms with Crippen LogP contribution in [0.15, 0.2) is 28.7 Å². The first kappa shape index (κ1) is 17.5. The number of furan rings is 1. The highest BCUT2D eigenvalue weighted by atomic mass is 19.1. The fourth-order valence-electron chi connectivity index (χ4n) is 4.33. The molecule has 4 rings (SSSR count). The van der Waals surface area contributed by atoms with Crippen LogP contribution in [0.5, 0.6) is 0 Å². The van der Waals surface area contributed by atoms with Crippen LogP contribution in [0.25, 0.3) is 21.9 Å². The van der Waals surface area contributed by atoms with Gasteiger partial charge in [-0.2, -0.15) is 0 Å². The van der Waals surface area contributed by atoms with Gasteiger partial charge in [0.2, 0.25) is 0 Å². The van der Waals surface area contributed by atoms with Crippen LogP contribution in [0.3, 0.4) is 0 Å². The van der Waals surface area contributed by atoms with Gasteiger partial charge < -0.3 is 4.42 Å². The Morgan fingerprint density at radius 2 is 1.46 bits per heavy atom. The molecule has 1 heterocycles. The molecule has 1 aliphatic carbocycles. The van der Waals surface area contributed by atoms with Crippen LogP contribution in [0.2, 0.25) is 0 Å². The highest BCUT2D eigenvalue weighted by molar-refractivity contribution is 6.05. The van der Waals surface area contributed by atoms with Gasteiger partial charge in [0.1, 0.15) is 0 Å². The molecule has 26 heavy (non-hydrogen) atoms. The third kappa shape index (κ3) is 3.13. The third-order valence-corrected chi connectivity index (χ3v) is 5.94. The molecule has 0 bridgehead atoms. The van der Waals surface area contributed by atoms with Crippen molar-refractivity contribution in [2.45, 2.75) is 64.7 Å². The second-order valence-corrected chi connectivity index (χ2v) is 7.73. The van der Waals surface area contributed by atoms with E-state index in [-0.39, 0.29) is 22.8 Å². The van der Waals surface area contributed by atoms with Gasteiger partial charge in [-0.05, 0) is 54.9 Å². The van der Waals surface area contributed by atoms with Crippen molar-refractivity contribution in [2.75, 3.05) is 0 Å². The Kier molecular flexibility index (Phi) is 4.97. The minimum absolute atomic E-state index is 0.195. The monoisotopic (exact) mass is 356 g/mol. The van der Waals surface area contributed by atoms with Gasteiger partial charge in [0.25, 0.3) is 0 Å². The maximum Gasteiger partial charge on any atom is 0.171 e.